The van der Waals surface area contributed by atoms with Gasteiger partial charge in [-0.15, -0.1) is 0 Å². The molecule has 130 valence electrons. The first-order valence-electron chi connectivity index (χ1n) is 7.45. The number of halogens is 1. The zero-order valence-corrected chi connectivity index (χ0v) is 14.8. The van der Waals surface area contributed by atoms with Gasteiger partial charge in [0.25, 0.3) is 5.91 Å². The van der Waals surface area contributed by atoms with E-state index >= 15 is 0 Å². The third-order valence-electron chi connectivity index (χ3n) is 3.68. The van der Waals surface area contributed by atoms with Crippen molar-refractivity contribution in [2.75, 3.05) is 0 Å². The minimum absolute atomic E-state index is 0.101. The molecule has 1 amide bonds. The Kier molecular flexibility index (Phi) is 4.94. The Hall–Kier alpha value is -3.26. The van der Waals surface area contributed by atoms with Crippen LogP contribution in [0.15, 0.2) is 64.2 Å². The van der Waals surface area contributed by atoms with Crippen LogP contribution in [0.25, 0.3) is 10.8 Å². The minimum atomic E-state index is -0.702. The molecule has 0 saturated carbocycles. The lowest BCUT2D eigenvalue weighted by Crippen LogP contribution is -2.17. The molecule has 3 aromatic rings. The number of benzene rings is 3. The summed E-state index contributed by atoms with van der Waals surface area (Å²) in [7, 11) is 0. The highest BCUT2D eigenvalue weighted by atomic mass is 79.9. The molecule has 0 bridgehead atoms. The molecule has 0 saturated heterocycles. The van der Waals surface area contributed by atoms with E-state index in [1.807, 2.05) is 30.3 Å². The van der Waals surface area contributed by atoms with Crippen molar-refractivity contribution < 1.29 is 14.8 Å². The summed E-state index contributed by atoms with van der Waals surface area (Å²) in [6, 6.07) is 15.4. The van der Waals surface area contributed by atoms with Gasteiger partial charge in [0.2, 0.25) is 5.75 Å². The number of nitrogens with one attached hydrogen (secondary N) is 1. The van der Waals surface area contributed by atoms with E-state index in [-0.39, 0.29) is 5.56 Å². The minimum Gasteiger partial charge on any atom is -0.502 e. The number of amides is 1. The van der Waals surface area contributed by atoms with E-state index in [0.717, 1.165) is 17.0 Å². The van der Waals surface area contributed by atoms with Crippen LogP contribution >= 0.6 is 15.9 Å². The van der Waals surface area contributed by atoms with Crippen LogP contribution in [0.3, 0.4) is 0 Å². The van der Waals surface area contributed by atoms with E-state index in [2.05, 4.69) is 26.5 Å². The average molecular weight is 414 g/mol. The van der Waals surface area contributed by atoms with Crippen LogP contribution in [0.2, 0.25) is 0 Å². The Morgan fingerprint density at radius 1 is 1.19 bits per heavy atom. The number of phenolic OH excluding ortho intramolecular Hbond substituents is 1. The second-order valence-corrected chi connectivity index (χ2v) is 6.26. The number of carbonyl (C=O) groups is 1. The van der Waals surface area contributed by atoms with Gasteiger partial charge in [-0.25, -0.2) is 5.43 Å². The highest BCUT2D eigenvalue weighted by Gasteiger charge is 2.17. The summed E-state index contributed by atoms with van der Waals surface area (Å²) >= 11 is 3.14. The standard InChI is InChI=1S/C18H12BrN3O4/c19-13-8-12(17(23)16(9-13)22(25)26)10-20-21-18(24)15-7-3-5-11-4-1-2-6-14(11)15/h1-10,23H,(H,21,24)/b20-10+. The Morgan fingerprint density at radius 3 is 2.69 bits per heavy atom. The van der Waals surface area contributed by atoms with Gasteiger partial charge in [0.15, 0.2) is 0 Å². The van der Waals surface area contributed by atoms with Gasteiger partial charge < -0.3 is 5.11 Å². The van der Waals surface area contributed by atoms with Crippen molar-refractivity contribution >= 4 is 44.5 Å². The lowest BCUT2D eigenvalue weighted by Gasteiger charge is -2.05. The van der Waals surface area contributed by atoms with Crippen molar-refractivity contribution in [1.82, 2.24) is 5.43 Å². The number of rotatable bonds is 4. The molecule has 3 rings (SSSR count). The Labute approximate surface area is 156 Å². The van der Waals surface area contributed by atoms with E-state index in [1.165, 1.54) is 12.1 Å². The van der Waals surface area contributed by atoms with Gasteiger partial charge in [-0.1, -0.05) is 52.3 Å². The van der Waals surface area contributed by atoms with Crippen LogP contribution in [-0.4, -0.2) is 22.2 Å². The Bertz CT molecular complexity index is 1040. The van der Waals surface area contributed by atoms with Crippen molar-refractivity contribution in [2.24, 2.45) is 5.10 Å². The lowest BCUT2D eigenvalue weighted by molar-refractivity contribution is -0.385. The predicted octanol–water partition coefficient (Wildman–Crippen LogP) is 3.98. The van der Waals surface area contributed by atoms with Gasteiger partial charge >= 0.3 is 5.69 Å². The summed E-state index contributed by atoms with van der Waals surface area (Å²) in [5.41, 5.74) is 2.46. The Morgan fingerprint density at radius 2 is 1.92 bits per heavy atom. The van der Waals surface area contributed by atoms with Gasteiger partial charge in [0.05, 0.1) is 11.1 Å². The van der Waals surface area contributed by atoms with E-state index in [9.17, 15) is 20.0 Å². The summed E-state index contributed by atoms with van der Waals surface area (Å²) in [6.45, 7) is 0. The second kappa shape index (κ2) is 7.32. The van der Waals surface area contributed by atoms with Crippen LogP contribution in [-0.2, 0) is 0 Å². The van der Waals surface area contributed by atoms with Gasteiger partial charge in [0, 0.05) is 21.7 Å². The molecule has 26 heavy (non-hydrogen) atoms. The van der Waals surface area contributed by atoms with Gasteiger partial charge in [0.1, 0.15) is 0 Å². The number of hydrogen-bond acceptors (Lipinski definition) is 5. The second-order valence-electron chi connectivity index (χ2n) is 5.35. The number of nitrogens with zero attached hydrogens (tertiary/aromatic N) is 2. The first-order chi connectivity index (χ1) is 12.5. The molecular weight excluding hydrogens is 402 g/mol. The lowest BCUT2D eigenvalue weighted by atomic mass is 10.0. The molecule has 0 spiro atoms. The normalized spacial score (nSPS) is 11.0. The SMILES string of the molecule is O=C(N/N=C/c1cc(Br)cc([N+](=O)[O-])c1O)c1cccc2ccccc12. The number of aromatic hydroxyl groups is 1. The third-order valence-corrected chi connectivity index (χ3v) is 4.14. The number of hydrazone groups is 1. The van der Waals surface area contributed by atoms with Crippen LogP contribution in [0, 0.1) is 10.1 Å². The van der Waals surface area contributed by atoms with Crippen LogP contribution in [0.5, 0.6) is 5.75 Å². The van der Waals surface area contributed by atoms with Crippen molar-refractivity contribution in [3.8, 4) is 5.75 Å². The number of carbonyl (C=O) groups excluding carboxylic acids is 1. The Balaban J connectivity index is 1.85. The fraction of sp³-hybridized carbons (Fsp3) is 0. The summed E-state index contributed by atoms with van der Waals surface area (Å²) in [6.07, 6.45) is 1.15. The van der Waals surface area contributed by atoms with E-state index in [1.54, 1.807) is 12.1 Å². The fourth-order valence-electron chi connectivity index (χ4n) is 2.49. The van der Waals surface area contributed by atoms with Gasteiger partial charge in [-0.2, -0.15) is 5.10 Å². The summed E-state index contributed by atoms with van der Waals surface area (Å²) in [5.74, 6) is -0.955. The zero-order chi connectivity index (χ0) is 18.7. The molecule has 8 heteroatoms. The molecule has 0 radical (unpaired) electrons. The predicted molar refractivity (Wildman–Crippen MR) is 101 cm³/mol. The highest BCUT2D eigenvalue weighted by Crippen LogP contribution is 2.32. The number of nitro groups is 1. The molecule has 0 aliphatic rings. The zero-order valence-electron chi connectivity index (χ0n) is 13.2. The van der Waals surface area contributed by atoms with Gasteiger partial charge in [-0.05, 0) is 22.9 Å². The molecule has 0 heterocycles. The quantitative estimate of drug-likeness (QED) is 0.383. The van der Waals surface area contributed by atoms with Gasteiger partial charge in [-0.3, -0.25) is 14.9 Å². The largest absolute Gasteiger partial charge is 0.502 e. The van der Waals surface area contributed by atoms with E-state index < -0.39 is 22.3 Å². The maximum Gasteiger partial charge on any atom is 0.312 e. The molecule has 0 unspecified atom stereocenters. The maximum absolute atomic E-state index is 12.4. The first-order valence-corrected chi connectivity index (χ1v) is 8.25. The number of nitro benzene ring substituents is 1. The maximum atomic E-state index is 12.4. The van der Waals surface area contributed by atoms with Crippen LogP contribution in [0.1, 0.15) is 15.9 Å². The van der Waals surface area contributed by atoms with Crippen LogP contribution in [0.4, 0.5) is 5.69 Å². The van der Waals surface area contributed by atoms with E-state index in [4.69, 9.17) is 0 Å². The van der Waals surface area contributed by atoms with Crippen molar-refractivity contribution in [3.63, 3.8) is 0 Å². The molecule has 7 nitrogen and oxygen atoms in total. The molecule has 3 aromatic carbocycles. The van der Waals surface area contributed by atoms with Crippen molar-refractivity contribution in [2.45, 2.75) is 0 Å². The smallest absolute Gasteiger partial charge is 0.312 e. The van der Waals surface area contributed by atoms with Crippen molar-refractivity contribution in [3.05, 3.63) is 80.3 Å². The number of hydrogen-bond donors (Lipinski definition) is 2. The summed E-state index contributed by atoms with van der Waals surface area (Å²) < 4.78 is 0.406. The highest BCUT2D eigenvalue weighted by molar-refractivity contribution is 9.10. The van der Waals surface area contributed by atoms with Crippen LogP contribution < -0.4 is 5.43 Å². The average Bonchev–Trinajstić information content (AvgIpc) is 2.63. The monoisotopic (exact) mass is 413 g/mol. The molecular formula is C18H12BrN3O4. The number of phenols is 1. The summed E-state index contributed by atoms with van der Waals surface area (Å²) in [4.78, 5) is 22.6. The molecule has 0 aliphatic heterocycles. The first kappa shape index (κ1) is 17.6. The number of fused-ring (bicyclic) bond motifs is 1. The molecule has 2 N–H and O–H groups in total. The fourth-order valence-corrected chi connectivity index (χ4v) is 2.95. The molecule has 0 aromatic heterocycles. The molecule has 0 fully saturated rings. The summed E-state index contributed by atoms with van der Waals surface area (Å²) in [5, 5.41) is 26.4. The molecule has 0 aliphatic carbocycles. The molecule has 0 atom stereocenters. The van der Waals surface area contributed by atoms with Crippen molar-refractivity contribution in [1.29, 1.82) is 0 Å². The topological polar surface area (TPSA) is 105 Å². The third kappa shape index (κ3) is 3.55. The van der Waals surface area contributed by atoms with E-state index in [0.29, 0.717) is 10.0 Å².